The summed E-state index contributed by atoms with van der Waals surface area (Å²) in [5, 5.41) is 3.91. The molecule has 138 valence electrons. The molecule has 0 amide bonds. The summed E-state index contributed by atoms with van der Waals surface area (Å²) < 4.78 is 5.33. The van der Waals surface area contributed by atoms with E-state index in [2.05, 4.69) is 28.4 Å². The normalized spacial score (nSPS) is 11.8. The summed E-state index contributed by atoms with van der Waals surface area (Å²) in [5.41, 5.74) is 3.23. The van der Waals surface area contributed by atoms with Crippen molar-refractivity contribution in [1.29, 1.82) is 0 Å². The fourth-order valence-corrected chi connectivity index (χ4v) is 2.87. The molecule has 0 radical (unpaired) electrons. The Morgan fingerprint density at radius 1 is 1.22 bits per heavy atom. The van der Waals surface area contributed by atoms with Gasteiger partial charge in [-0.15, -0.1) is 0 Å². The maximum Gasteiger partial charge on any atom is 0.259 e. The van der Waals surface area contributed by atoms with Gasteiger partial charge in [0.05, 0.1) is 17.5 Å². The van der Waals surface area contributed by atoms with Crippen LogP contribution in [0, 0.1) is 0 Å². The minimum atomic E-state index is -0.216. The van der Waals surface area contributed by atoms with Crippen LogP contribution < -0.4 is 10.9 Å². The molecule has 2 aromatic carbocycles. The molecular formula is C22H23N3O2. The molecule has 0 aliphatic rings. The van der Waals surface area contributed by atoms with E-state index in [-0.39, 0.29) is 11.6 Å². The molecule has 5 nitrogen and oxygen atoms in total. The SMILES string of the molecule is C=C(N[C@@H](C)c1ccc2nc(C(=C)OCC)[nH]c(=O)c2c1)c1ccccc1. The Labute approximate surface area is 158 Å². The third kappa shape index (κ3) is 4.08. The number of nitrogens with one attached hydrogen (secondary N) is 2. The van der Waals surface area contributed by atoms with E-state index in [1.807, 2.05) is 62.4 Å². The van der Waals surface area contributed by atoms with Gasteiger partial charge in [-0.3, -0.25) is 4.79 Å². The topological polar surface area (TPSA) is 67.0 Å². The summed E-state index contributed by atoms with van der Waals surface area (Å²) in [7, 11) is 0. The molecule has 0 bridgehead atoms. The van der Waals surface area contributed by atoms with Crippen molar-refractivity contribution in [2.75, 3.05) is 6.61 Å². The van der Waals surface area contributed by atoms with Crippen molar-refractivity contribution in [2.45, 2.75) is 19.9 Å². The molecule has 0 aliphatic carbocycles. The van der Waals surface area contributed by atoms with Gasteiger partial charge in [0.2, 0.25) is 0 Å². The first-order valence-corrected chi connectivity index (χ1v) is 8.86. The predicted octanol–water partition coefficient (Wildman–Crippen LogP) is 4.25. The van der Waals surface area contributed by atoms with E-state index < -0.39 is 0 Å². The third-order valence-corrected chi connectivity index (χ3v) is 4.33. The summed E-state index contributed by atoms with van der Waals surface area (Å²) in [6.45, 7) is 12.3. The van der Waals surface area contributed by atoms with Gasteiger partial charge >= 0.3 is 0 Å². The monoisotopic (exact) mass is 361 g/mol. The lowest BCUT2D eigenvalue weighted by Gasteiger charge is -2.18. The van der Waals surface area contributed by atoms with Crippen LogP contribution in [0.1, 0.15) is 36.8 Å². The predicted molar refractivity (Wildman–Crippen MR) is 110 cm³/mol. The van der Waals surface area contributed by atoms with E-state index in [9.17, 15) is 4.79 Å². The van der Waals surface area contributed by atoms with E-state index in [1.54, 1.807) is 0 Å². The maximum absolute atomic E-state index is 12.5. The van der Waals surface area contributed by atoms with E-state index in [4.69, 9.17) is 4.74 Å². The third-order valence-electron chi connectivity index (χ3n) is 4.33. The lowest BCUT2D eigenvalue weighted by Crippen LogP contribution is -2.17. The van der Waals surface area contributed by atoms with Gasteiger partial charge in [-0.1, -0.05) is 49.6 Å². The minimum Gasteiger partial charge on any atom is -0.491 e. The Kier molecular flexibility index (Phi) is 5.41. The van der Waals surface area contributed by atoms with Crippen molar-refractivity contribution in [3.8, 4) is 0 Å². The van der Waals surface area contributed by atoms with Gasteiger partial charge in [0.25, 0.3) is 5.56 Å². The standard InChI is InChI=1S/C22H23N3O2/c1-5-27-16(4)21-24-20-12-11-18(13-19(20)22(26)25-21)15(3)23-14(2)17-9-7-6-8-10-17/h6-13,15,23H,2,4-5H2,1,3H3,(H,24,25,26)/t15-/m0/s1. The highest BCUT2D eigenvalue weighted by Gasteiger charge is 2.12. The van der Waals surface area contributed by atoms with E-state index >= 15 is 0 Å². The average Bonchev–Trinajstić information content (AvgIpc) is 2.68. The molecule has 0 fully saturated rings. The number of ether oxygens (including phenoxy) is 1. The first kappa shape index (κ1) is 18.5. The molecule has 5 heteroatoms. The molecule has 3 rings (SSSR count). The zero-order valence-electron chi connectivity index (χ0n) is 15.6. The highest BCUT2D eigenvalue weighted by Crippen LogP contribution is 2.21. The molecule has 1 atom stereocenters. The molecule has 0 spiro atoms. The van der Waals surface area contributed by atoms with Crippen LogP contribution in [0.3, 0.4) is 0 Å². The van der Waals surface area contributed by atoms with Gasteiger partial charge < -0.3 is 15.0 Å². The molecule has 0 saturated heterocycles. The largest absolute Gasteiger partial charge is 0.491 e. The molecular weight excluding hydrogens is 338 g/mol. The Bertz CT molecular complexity index is 1040. The van der Waals surface area contributed by atoms with Crippen LogP contribution in [-0.2, 0) is 4.74 Å². The van der Waals surface area contributed by atoms with Gasteiger partial charge in [-0.05, 0) is 37.1 Å². The van der Waals surface area contributed by atoms with Crippen LogP contribution in [-0.4, -0.2) is 16.6 Å². The van der Waals surface area contributed by atoms with Crippen LogP contribution in [0.25, 0.3) is 22.4 Å². The summed E-state index contributed by atoms with van der Waals surface area (Å²) in [6, 6.07) is 15.6. The van der Waals surface area contributed by atoms with E-state index in [0.29, 0.717) is 29.1 Å². The number of fused-ring (bicyclic) bond motifs is 1. The van der Waals surface area contributed by atoms with Crippen molar-refractivity contribution in [1.82, 2.24) is 15.3 Å². The number of aromatic amines is 1. The van der Waals surface area contributed by atoms with E-state index in [0.717, 1.165) is 16.8 Å². The molecule has 0 unspecified atom stereocenters. The maximum atomic E-state index is 12.5. The minimum absolute atomic E-state index is 0.0143. The van der Waals surface area contributed by atoms with Gasteiger partial charge in [0.1, 0.15) is 0 Å². The van der Waals surface area contributed by atoms with Crippen molar-refractivity contribution >= 4 is 22.4 Å². The fourth-order valence-electron chi connectivity index (χ4n) is 2.87. The van der Waals surface area contributed by atoms with Crippen LogP contribution >= 0.6 is 0 Å². The van der Waals surface area contributed by atoms with Crippen LogP contribution in [0.5, 0.6) is 0 Å². The highest BCUT2D eigenvalue weighted by molar-refractivity contribution is 5.79. The van der Waals surface area contributed by atoms with Crippen molar-refractivity contribution in [3.63, 3.8) is 0 Å². The Balaban J connectivity index is 1.87. The Morgan fingerprint density at radius 2 is 1.96 bits per heavy atom. The summed E-state index contributed by atoms with van der Waals surface area (Å²) in [4.78, 5) is 19.7. The second-order valence-corrected chi connectivity index (χ2v) is 6.26. The van der Waals surface area contributed by atoms with E-state index in [1.165, 1.54) is 0 Å². The number of hydrogen-bond acceptors (Lipinski definition) is 4. The van der Waals surface area contributed by atoms with Crippen LogP contribution in [0.4, 0.5) is 0 Å². The number of hydrogen-bond donors (Lipinski definition) is 2. The quantitative estimate of drug-likeness (QED) is 0.617. The number of aromatic nitrogens is 2. The Morgan fingerprint density at radius 3 is 2.67 bits per heavy atom. The lowest BCUT2D eigenvalue weighted by atomic mass is 10.0. The lowest BCUT2D eigenvalue weighted by molar-refractivity contribution is 0.296. The molecule has 1 aromatic heterocycles. The van der Waals surface area contributed by atoms with Gasteiger partial charge in [0.15, 0.2) is 11.6 Å². The molecule has 27 heavy (non-hydrogen) atoms. The van der Waals surface area contributed by atoms with Crippen molar-refractivity contribution in [2.24, 2.45) is 0 Å². The smallest absolute Gasteiger partial charge is 0.259 e. The molecule has 0 saturated carbocycles. The zero-order chi connectivity index (χ0) is 19.4. The number of benzene rings is 2. The zero-order valence-corrected chi connectivity index (χ0v) is 15.6. The van der Waals surface area contributed by atoms with Crippen molar-refractivity contribution < 1.29 is 4.74 Å². The van der Waals surface area contributed by atoms with Crippen LogP contribution in [0.2, 0.25) is 0 Å². The van der Waals surface area contributed by atoms with Crippen molar-refractivity contribution in [3.05, 3.63) is 89.0 Å². The summed E-state index contributed by atoms with van der Waals surface area (Å²) in [5.74, 6) is 0.709. The molecule has 3 aromatic rings. The number of nitrogens with zero attached hydrogens (tertiary/aromatic N) is 1. The molecule has 0 aliphatic heterocycles. The average molecular weight is 361 g/mol. The first-order chi connectivity index (χ1) is 13.0. The first-order valence-electron chi connectivity index (χ1n) is 8.86. The summed E-state index contributed by atoms with van der Waals surface area (Å²) >= 11 is 0. The van der Waals surface area contributed by atoms with Gasteiger partial charge in [-0.2, -0.15) is 0 Å². The fraction of sp³-hybridized carbons (Fsp3) is 0.182. The van der Waals surface area contributed by atoms with Gasteiger partial charge in [0, 0.05) is 11.7 Å². The van der Waals surface area contributed by atoms with Gasteiger partial charge in [-0.25, -0.2) is 4.98 Å². The molecule has 2 N–H and O–H groups in total. The Hall–Kier alpha value is -3.34. The molecule has 1 heterocycles. The summed E-state index contributed by atoms with van der Waals surface area (Å²) in [6.07, 6.45) is 0. The highest BCUT2D eigenvalue weighted by atomic mass is 16.5. The number of H-pyrrole nitrogens is 1. The second kappa shape index (κ2) is 7.91. The van der Waals surface area contributed by atoms with Crippen LogP contribution in [0.15, 0.2) is 66.5 Å². The second-order valence-electron chi connectivity index (χ2n) is 6.26. The number of rotatable bonds is 7.